The largest absolute Gasteiger partial charge is 0.384 e. The Morgan fingerprint density at radius 3 is 2.75 bits per heavy atom. The molecule has 0 aliphatic heterocycles. The van der Waals surface area contributed by atoms with Gasteiger partial charge in [0, 0.05) is 12.2 Å². The zero-order valence-corrected chi connectivity index (χ0v) is 11.9. The topological polar surface area (TPSA) is 40.7 Å². The SMILES string of the molecule is Cc1nc2ccc(NCC(C)c3ccccc3)cc2[nH]1. The van der Waals surface area contributed by atoms with Crippen molar-refractivity contribution in [3.05, 3.63) is 59.9 Å². The van der Waals surface area contributed by atoms with Crippen LogP contribution in [-0.2, 0) is 0 Å². The van der Waals surface area contributed by atoms with Crippen molar-refractivity contribution in [2.75, 3.05) is 11.9 Å². The smallest absolute Gasteiger partial charge is 0.104 e. The third-order valence-electron chi connectivity index (χ3n) is 3.58. The van der Waals surface area contributed by atoms with Crippen LogP contribution in [0.15, 0.2) is 48.5 Å². The van der Waals surface area contributed by atoms with E-state index in [1.807, 2.05) is 13.0 Å². The summed E-state index contributed by atoms with van der Waals surface area (Å²) in [5.74, 6) is 1.44. The van der Waals surface area contributed by atoms with Crippen LogP contribution in [0.3, 0.4) is 0 Å². The van der Waals surface area contributed by atoms with Crippen molar-refractivity contribution in [3.63, 3.8) is 0 Å². The Morgan fingerprint density at radius 2 is 1.95 bits per heavy atom. The number of anilines is 1. The zero-order valence-electron chi connectivity index (χ0n) is 11.9. The zero-order chi connectivity index (χ0) is 13.9. The minimum atomic E-state index is 0.482. The molecular weight excluding hydrogens is 246 g/mol. The molecule has 3 rings (SSSR count). The fourth-order valence-corrected chi connectivity index (χ4v) is 2.42. The van der Waals surface area contributed by atoms with E-state index in [2.05, 4.69) is 64.7 Å². The van der Waals surface area contributed by atoms with Gasteiger partial charge in [0.1, 0.15) is 5.82 Å². The summed E-state index contributed by atoms with van der Waals surface area (Å²) < 4.78 is 0. The number of aromatic nitrogens is 2. The molecule has 2 aromatic carbocycles. The number of aromatic amines is 1. The normalized spacial score (nSPS) is 12.5. The first-order chi connectivity index (χ1) is 9.72. The fraction of sp³-hybridized carbons (Fsp3) is 0.235. The van der Waals surface area contributed by atoms with E-state index in [1.165, 1.54) is 5.56 Å². The summed E-state index contributed by atoms with van der Waals surface area (Å²) in [6.07, 6.45) is 0. The van der Waals surface area contributed by atoms with Gasteiger partial charge < -0.3 is 10.3 Å². The third kappa shape index (κ3) is 2.67. The van der Waals surface area contributed by atoms with Gasteiger partial charge in [0.15, 0.2) is 0 Å². The molecule has 1 atom stereocenters. The molecule has 1 unspecified atom stereocenters. The predicted molar refractivity (Wildman–Crippen MR) is 84.2 cm³/mol. The van der Waals surface area contributed by atoms with Crippen LogP contribution in [0.4, 0.5) is 5.69 Å². The van der Waals surface area contributed by atoms with E-state index in [9.17, 15) is 0 Å². The lowest BCUT2D eigenvalue weighted by atomic mass is 10.0. The van der Waals surface area contributed by atoms with Gasteiger partial charge in [-0.15, -0.1) is 0 Å². The number of nitrogens with zero attached hydrogens (tertiary/aromatic N) is 1. The number of benzene rings is 2. The lowest BCUT2D eigenvalue weighted by molar-refractivity contribution is 0.805. The summed E-state index contributed by atoms with van der Waals surface area (Å²) in [6.45, 7) is 5.13. The molecular formula is C17H19N3. The highest BCUT2D eigenvalue weighted by Gasteiger charge is 2.05. The molecule has 0 fully saturated rings. The molecule has 1 heterocycles. The Bertz CT molecular complexity index is 701. The molecule has 0 radical (unpaired) electrons. The summed E-state index contributed by atoms with van der Waals surface area (Å²) in [5.41, 5.74) is 4.59. The van der Waals surface area contributed by atoms with Gasteiger partial charge in [0.2, 0.25) is 0 Å². The van der Waals surface area contributed by atoms with Crippen LogP contribution in [-0.4, -0.2) is 16.5 Å². The van der Waals surface area contributed by atoms with Gasteiger partial charge in [-0.05, 0) is 36.6 Å². The molecule has 20 heavy (non-hydrogen) atoms. The maximum Gasteiger partial charge on any atom is 0.104 e. The Kier molecular flexibility index (Phi) is 3.42. The Morgan fingerprint density at radius 1 is 1.15 bits per heavy atom. The quantitative estimate of drug-likeness (QED) is 0.746. The molecule has 0 bridgehead atoms. The summed E-state index contributed by atoms with van der Waals surface area (Å²) >= 11 is 0. The highest BCUT2D eigenvalue weighted by atomic mass is 14.9. The molecule has 3 aromatic rings. The van der Waals surface area contributed by atoms with E-state index < -0.39 is 0 Å². The number of H-pyrrole nitrogens is 1. The van der Waals surface area contributed by atoms with E-state index >= 15 is 0 Å². The van der Waals surface area contributed by atoms with Crippen molar-refractivity contribution in [3.8, 4) is 0 Å². The standard InChI is InChI=1S/C17H19N3/c1-12(14-6-4-3-5-7-14)11-18-15-8-9-16-17(10-15)20-13(2)19-16/h3-10,12,18H,11H2,1-2H3,(H,19,20). The molecule has 0 saturated heterocycles. The number of rotatable bonds is 4. The average Bonchev–Trinajstić information content (AvgIpc) is 2.85. The Balaban J connectivity index is 1.70. The lowest BCUT2D eigenvalue weighted by Crippen LogP contribution is -2.09. The molecule has 3 nitrogen and oxygen atoms in total. The maximum atomic E-state index is 4.41. The number of hydrogen-bond acceptors (Lipinski definition) is 2. The van der Waals surface area contributed by atoms with Gasteiger partial charge in [-0.2, -0.15) is 0 Å². The van der Waals surface area contributed by atoms with Crippen LogP contribution in [0.5, 0.6) is 0 Å². The number of nitrogens with one attached hydrogen (secondary N) is 2. The van der Waals surface area contributed by atoms with Crippen molar-refractivity contribution in [2.24, 2.45) is 0 Å². The monoisotopic (exact) mass is 265 g/mol. The second-order valence-electron chi connectivity index (χ2n) is 5.25. The highest BCUT2D eigenvalue weighted by Crippen LogP contribution is 2.19. The molecule has 0 amide bonds. The van der Waals surface area contributed by atoms with Gasteiger partial charge in [-0.3, -0.25) is 0 Å². The van der Waals surface area contributed by atoms with Gasteiger partial charge in [-0.25, -0.2) is 4.98 Å². The summed E-state index contributed by atoms with van der Waals surface area (Å²) in [5, 5.41) is 3.50. The minimum Gasteiger partial charge on any atom is -0.384 e. The molecule has 0 saturated carbocycles. The average molecular weight is 265 g/mol. The van der Waals surface area contributed by atoms with Crippen LogP contribution >= 0.6 is 0 Å². The summed E-state index contributed by atoms with van der Waals surface area (Å²) in [4.78, 5) is 7.68. The Hall–Kier alpha value is -2.29. The van der Waals surface area contributed by atoms with Gasteiger partial charge in [0.05, 0.1) is 11.0 Å². The molecule has 3 heteroatoms. The second kappa shape index (κ2) is 5.37. The predicted octanol–water partition coefficient (Wildman–Crippen LogP) is 4.09. The third-order valence-corrected chi connectivity index (χ3v) is 3.58. The first kappa shape index (κ1) is 12.7. The van der Waals surface area contributed by atoms with E-state index in [-0.39, 0.29) is 0 Å². The van der Waals surface area contributed by atoms with Crippen LogP contribution in [0.25, 0.3) is 11.0 Å². The first-order valence-corrected chi connectivity index (χ1v) is 6.97. The highest BCUT2D eigenvalue weighted by molar-refractivity contribution is 5.79. The number of hydrogen-bond donors (Lipinski definition) is 2. The van der Waals surface area contributed by atoms with Gasteiger partial charge in [-0.1, -0.05) is 37.3 Å². The van der Waals surface area contributed by atoms with Crippen LogP contribution < -0.4 is 5.32 Å². The number of aryl methyl sites for hydroxylation is 1. The Labute approximate surface area is 119 Å². The first-order valence-electron chi connectivity index (χ1n) is 6.97. The van der Waals surface area contributed by atoms with Crippen LogP contribution in [0.2, 0.25) is 0 Å². The van der Waals surface area contributed by atoms with Crippen LogP contribution in [0.1, 0.15) is 24.2 Å². The van der Waals surface area contributed by atoms with E-state index in [4.69, 9.17) is 0 Å². The minimum absolute atomic E-state index is 0.482. The lowest BCUT2D eigenvalue weighted by Gasteiger charge is -2.14. The van der Waals surface area contributed by atoms with Crippen molar-refractivity contribution < 1.29 is 0 Å². The number of imidazole rings is 1. The van der Waals surface area contributed by atoms with E-state index in [0.29, 0.717) is 5.92 Å². The molecule has 0 aliphatic carbocycles. The van der Waals surface area contributed by atoms with Crippen molar-refractivity contribution in [2.45, 2.75) is 19.8 Å². The maximum absolute atomic E-state index is 4.41. The van der Waals surface area contributed by atoms with E-state index in [0.717, 1.165) is 29.1 Å². The fourth-order valence-electron chi connectivity index (χ4n) is 2.42. The van der Waals surface area contributed by atoms with Gasteiger partial charge in [0.25, 0.3) is 0 Å². The molecule has 102 valence electrons. The van der Waals surface area contributed by atoms with Crippen molar-refractivity contribution in [1.29, 1.82) is 0 Å². The molecule has 2 N–H and O–H groups in total. The van der Waals surface area contributed by atoms with Gasteiger partial charge >= 0.3 is 0 Å². The summed E-state index contributed by atoms with van der Waals surface area (Å²) in [7, 11) is 0. The molecule has 0 spiro atoms. The second-order valence-corrected chi connectivity index (χ2v) is 5.25. The van der Waals surface area contributed by atoms with E-state index in [1.54, 1.807) is 0 Å². The molecule has 0 aliphatic rings. The molecule has 1 aromatic heterocycles. The van der Waals surface area contributed by atoms with Crippen molar-refractivity contribution >= 4 is 16.7 Å². The number of fused-ring (bicyclic) bond motifs is 1. The van der Waals surface area contributed by atoms with Crippen molar-refractivity contribution in [1.82, 2.24) is 9.97 Å². The summed E-state index contributed by atoms with van der Waals surface area (Å²) in [6, 6.07) is 16.8. The van der Waals surface area contributed by atoms with Crippen LogP contribution in [0, 0.1) is 6.92 Å².